The van der Waals surface area contributed by atoms with Crippen molar-refractivity contribution in [2.75, 3.05) is 39.9 Å². The molecule has 4 nitrogen and oxygen atoms in total. The fraction of sp³-hybridized carbons (Fsp3) is 0.923. The number of carbonyl (C=O) groups excluding carboxylic acids is 1. The van der Waals surface area contributed by atoms with Crippen LogP contribution in [0, 0.1) is 11.8 Å². The smallest absolute Gasteiger partial charge is 0.222 e. The van der Waals surface area contributed by atoms with Gasteiger partial charge in [0.2, 0.25) is 5.91 Å². The van der Waals surface area contributed by atoms with E-state index in [0.29, 0.717) is 17.7 Å². The van der Waals surface area contributed by atoms with E-state index in [0.717, 1.165) is 45.6 Å². The molecule has 0 aromatic rings. The van der Waals surface area contributed by atoms with Gasteiger partial charge in [-0.05, 0) is 38.3 Å². The predicted octanol–water partition coefficient (Wildman–Crippen LogP) is 0.871. The van der Waals surface area contributed by atoms with E-state index in [1.165, 1.54) is 12.8 Å². The van der Waals surface area contributed by atoms with Gasteiger partial charge in [0, 0.05) is 32.5 Å². The fourth-order valence-electron chi connectivity index (χ4n) is 2.91. The molecule has 1 amide bonds. The molecule has 98 valence electrons. The number of hydrogen-bond acceptors (Lipinski definition) is 3. The molecular formula is C13H24N2O2. The maximum atomic E-state index is 12.1. The third-order valence-electron chi connectivity index (χ3n) is 3.90. The van der Waals surface area contributed by atoms with E-state index >= 15 is 0 Å². The molecule has 2 aliphatic rings. The SMILES string of the molecule is COCC1CCN(C(=O)CC2CCCNC2)C1. The van der Waals surface area contributed by atoms with Crippen molar-refractivity contribution in [3.63, 3.8) is 0 Å². The highest BCUT2D eigenvalue weighted by atomic mass is 16.5. The topological polar surface area (TPSA) is 41.6 Å². The summed E-state index contributed by atoms with van der Waals surface area (Å²) in [6, 6.07) is 0. The summed E-state index contributed by atoms with van der Waals surface area (Å²) in [5.41, 5.74) is 0. The molecule has 4 heteroatoms. The second-order valence-electron chi connectivity index (χ2n) is 5.37. The van der Waals surface area contributed by atoms with E-state index in [2.05, 4.69) is 5.32 Å². The molecular weight excluding hydrogens is 216 g/mol. The molecule has 0 aromatic carbocycles. The van der Waals surface area contributed by atoms with Crippen molar-refractivity contribution in [2.24, 2.45) is 11.8 Å². The number of nitrogens with one attached hydrogen (secondary N) is 1. The monoisotopic (exact) mass is 240 g/mol. The number of piperidine rings is 1. The molecule has 0 radical (unpaired) electrons. The Hall–Kier alpha value is -0.610. The first-order chi connectivity index (χ1) is 8.29. The van der Waals surface area contributed by atoms with E-state index in [1.54, 1.807) is 7.11 Å². The van der Waals surface area contributed by atoms with Crippen LogP contribution in [-0.2, 0) is 9.53 Å². The van der Waals surface area contributed by atoms with Crippen molar-refractivity contribution in [2.45, 2.75) is 25.7 Å². The van der Waals surface area contributed by atoms with Gasteiger partial charge in [0.1, 0.15) is 0 Å². The summed E-state index contributed by atoms with van der Waals surface area (Å²) in [7, 11) is 1.73. The van der Waals surface area contributed by atoms with Crippen LogP contribution in [0.15, 0.2) is 0 Å². The van der Waals surface area contributed by atoms with Crippen molar-refractivity contribution < 1.29 is 9.53 Å². The first-order valence-electron chi connectivity index (χ1n) is 6.77. The van der Waals surface area contributed by atoms with Crippen molar-refractivity contribution in [3.8, 4) is 0 Å². The molecule has 2 heterocycles. The number of amides is 1. The van der Waals surface area contributed by atoms with Crippen LogP contribution in [0.5, 0.6) is 0 Å². The lowest BCUT2D eigenvalue weighted by molar-refractivity contribution is -0.131. The van der Waals surface area contributed by atoms with E-state index in [1.807, 2.05) is 4.90 Å². The molecule has 0 saturated carbocycles. The Balaban J connectivity index is 1.72. The molecule has 2 saturated heterocycles. The minimum atomic E-state index is 0.345. The van der Waals surface area contributed by atoms with Crippen molar-refractivity contribution in [1.82, 2.24) is 10.2 Å². The summed E-state index contributed by atoms with van der Waals surface area (Å²) >= 11 is 0. The Morgan fingerprint density at radius 3 is 3.00 bits per heavy atom. The zero-order chi connectivity index (χ0) is 12.1. The van der Waals surface area contributed by atoms with E-state index in [9.17, 15) is 4.79 Å². The van der Waals surface area contributed by atoms with Gasteiger partial charge in [-0.2, -0.15) is 0 Å². The number of carbonyl (C=O) groups is 1. The molecule has 2 rings (SSSR count). The third-order valence-corrected chi connectivity index (χ3v) is 3.90. The maximum absolute atomic E-state index is 12.1. The molecule has 2 aliphatic heterocycles. The number of methoxy groups -OCH3 is 1. The zero-order valence-corrected chi connectivity index (χ0v) is 10.8. The van der Waals surface area contributed by atoms with Crippen molar-refractivity contribution in [1.29, 1.82) is 0 Å². The van der Waals surface area contributed by atoms with Crippen LogP contribution >= 0.6 is 0 Å². The summed E-state index contributed by atoms with van der Waals surface area (Å²) in [6.07, 6.45) is 4.24. The van der Waals surface area contributed by atoms with Gasteiger partial charge < -0.3 is 15.0 Å². The van der Waals surface area contributed by atoms with Gasteiger partial charge in [-0.3, -0.25) is 4.79 Å². The summed E-state index contributed by atoms with van der Waals surface area (Å²) in [4.78, 5) is 14.1. The summed E-state index contributed by atoms with van der Waals surface area (Å²) in [5.74, 6) is 1.45. The molecule has 2 atom stereocenters. The van der Waals surface area contributed by atoms with Gasteiger partial charge in [0.25, 0.3) is 0 Å². The summed E-state index contributed by atoms with van der Waals surface area (Å²) in [6.45, 7) is 4.74. The highest BCUT2D eigenvalue weighted by molar-refractivity contribution is 5.76. The standard InChI is InChI=1S/C13H24N2O2/c1-17-10-12-4-6-15(9-12)13(16)7-11-3-2-5-14-8-11/h11-12,14H,2-10H2,1H3. The van der Waals surface area contributed by atoms with Gasteiger partial charge in [-0.1, -0.05) is 0 Å². The van der Waals surface area contributed by atoms with Crippen LogP contribution in [0.4, 0.5) is 0 Å². The minimum Gasteiger partial charge on any atom is -0.384 e. The molecule has 0 spiro atoms. The van der Waals surface area contributed by atoms with Gasteiger partial charge in [0.15, 0.2) is 0 Å². The lowest BCUT2D eigenvalue weighted by Crippen LogP contribution is -2.36. The normalized spacial score (nSPS) is 29.6. The third kappa shape index (κ3) is 3.68. The Bertz CT molecular complexity index is 252. The maximum Gasteiger partial charge on any atom is 0.222 e. The van der Waals surface area contributed by atoms with Gasteiger partial charge in [-0.25, -0.2) is 0 Å². The molecule has 0 bridgehead atoms. The Labute approximate surface area is 104 Å². The van der Waals surface area contributed by atoms with Crippen molar-refractivity contribution in [3.05, 3.63) is 0 Å². The molecule has 2 fully saturated rings. The van der Waals surface area contributed by atoms with Crippen LogP contribution in [0.3, 0.4) is 0 Å². The summed E-state index contributed by atoms with van der Waals surface area (Å²) < 4.78 is 5.16. The summed E-state index contributed by atoms with van der Waals surface area (Å²) in [5, 5.41) is 3.37. The van der Waals surface area contributed by atoms with E-state index in [4.69, 9.17) is 4.74 Å². The molecule has 0 aromatic heterocycles. The Morgan fingerprint density at radius 2 is 2.29 bits per heavy atom. The Kier molecular flexibility index (Phi) is 4.80. The van der Waals surface area contributed by atoms with Gasteiger partial charge in [-0.15, -0.1) is 0 Å². The largest absolute Gasteiger partial charge is 0.384 e. The van der Waals surface area contributed by atoms with Crippen LogP contribution in [0.2, 0.25) is 0 Å². The van der Waals surface area contributed by atoms with Crippen molar-refractivity contribution >= 4 is 5.91 Å². The number of nitrogens with zero attached hydrogens (tertiary/aromatic N) is 1. The molecule has 0 aliphatic carbocycles. The van der Waals surface area contributed by atoms with Gasteiger partial charge in [0.05, 0.1) is 6.61 Å². The highest BCUT2D eigenvalue weighted by Crippen LogP contribution is 2.20. The lowest BCUT2D eigenvalue weighted by Gasteiger charge is -2.24. The zero-order valence-electron chi connectivity index (χ0n) is 10.8. The molecule has 2 unspecified atom stereocenters. The molecule has 1 N–H and O–H groups in total. The molecule has 17 heavy (non-hydrogen) atoms. The first-order valence-corrected chi connectivity index (χ1v) is 6.77. The van der Waals surface area contributed by atoms with Crippen LogP contribution in [-0.4, -0.2) is 50.7 Å². The van der Waals surface area contributed by atoms with E-state index < -0.39 is 0 Å². The first kappa shape index (κ1) is 12.8. The average Bonchev–Trinajstić information content (AvgIpc) is 2.79. The number of rotatable bonds is 4. The minimum absolute atomic E-state index is 0.345. The van der Waals surface area contributed by atoms with Crippen LogP contribution < -0.4 is 5.32 Å². The quantitative estimate of drug-likeness (QED) is 0.793. The van der Waals surface area contributed by atoms with Crippen LogP contribution in [0.25, 0.3) is 0 Å². The fourth-order valence-corrected chi connectivity index (χ4v) is 2.91. The second kappa shape index (κ2) is 6.36. The number of ether oxygens (including phenoxy) is 1. The predicted molar refractivity (Wildman–Crippen MR) is 66.8 cm³/mol. The average molecular weight is 240 g/mol. The van der Waals surface area contributed by atoms with Gasteiger partial charge >= 0.3 is 0 Å². The number of hydrogen-bond donors (Lipinski definition) is 1. The Morgan fingerprint density at radius 1 is 1.41 bits per heavy atom. The van der Waals surface area contributed by atoms with Crippen LogP contribution in [0.1, 0.15) is 25.7 Å². The number of likely N-dealkylation sites (tertiary alicyclic amines) is 1. The highest BCUT2D eigenvalue weighted by Gasteiger charge is 2.27. The lowest BCUT2D eigenvalue weighted by atomic mass is 9.96. The second-order valence-corrected chi connectivity index (χ2v) is 5.37. The van der Waals surface area contributed by atoms with E-state index in [-0.39, 0.29) is 0 Å².